The Morgan fingerprint density at radius 2 is 1.67 bits per heavy atom. The van der Waals surface area contributed by atoms with Crippen LogP contribution in [0.25, 0.3) is 0 Å². The maximum atomic E-state index is 11.4. The number of carbonyl (C=O) groups excluding carboxylic acids is 1. The van der Waals surface area contributed by atoms with Crippen LogP contribution in [0.1, 0.15) is 36.7 Å². The average Bonchev–Trinajstić information content (AvgIpc) is 2.48. The summed E-state index contributed by atoms with van der Waals surface area (Å²) in [4.78, 5) is 11.4. The monoisotopic (exact) mass is 284 g/mol. The third-order valence-electron chi connectivity index (χ3n) is 3.40. The Morgan fingerprint density at radius 3 is 2.24 bits per heavy atom. The van der Waals surface area contributed by atoms with Gasteiger partial charge in [0.25, 0.3) is 0 Å². The second kappa shape index (κ2) is 6.00. The van der Waals surface area contributed by atoms with Gasteiger partial charge in [0, 0.05) is 5.56 Å². The molecule has 0 aromatic heterocycles. The van der Waals surface area contributed by atoms with E-state index >= 15 is 0 Å². The molecule has 0 radical (unpaired) electrons. The minimum absolute atomic E-state index is 0.00201. The molecule has 0 spiro atoms. The fourth-order valence-electron chi connectivity index (χ4n) is 2.14. The summed E-state index contributed by atoms with van der Waals surface area (Å²) in [5, 5.41) is 0. The molecule has 0 aliphatic heterocycles. The van der Waals surface area contributed by atoms with E-state index in [9.17, 15) is 4.79 Å². The van der Waals surface area contributed by atoms with Crippen molar-refractivity contribution < 1.29 is 14.3 Å². The van der Waals surface area contributed by atoms with E-state index < -0.39 is 5.60 Å². The van der Waals surface area contributed by atoms with Crippen molar-refractivity contribution in [2.45, 2.75) is 26.4 Å². The summed E-state index contributed by atoms with van der Waals surface area (Å²) in [7, 11) is 1.57. The van der Waals surface area contributed by atoms with E-state index in [0.29, 0.717) is 17.1 Å². The molecule has 2 rings (SSSR count). The van der Waals surface area contributed by atoms with Gasteiger partial charge in [-0.05, 0) is 44.5 Å². The molecule has 0 heterocycles. The SMILES string of the molecule is COc1cc(C(C)=O)ccc1OC(C)(C)c1ccccc1. The summed E-state index contributed by atoms with van der Waals surface area (Å²) in [6.07, 6.45) is 0. The number of methoxy groups -OCH3 is 1. The van der Waals surface area contributed by atoms with Crippen molar-refractivity contribution >= 4 is 5.78 Å². The largest absolute Gasteiger partial charge is 0.493 e. The topological polar surface area (TPSA) is 35.5 Å². The summed E-state index contributed by atoms with van der Waals surface area (Å²) in [5.41, 5.74) is 1.19. The highest BCUT2D eigenvalue weighted by molar-refractivity contribution is 5.94. The second-order valence-electron chi connectivity index (χ2n) is 5.40. The molecule has 2 aromatic rings. The molecule has 3 heteroatoms. The van der Waals surface area contributed by atoms with Gasteiger partial charge in [0.2, 0.25) is 0 Å². The van der Waals surface area contributed by atoms with E-state index in [0.717, 1.165) is 5.56 Å². The van der Waals surface area contributed by atoms with Crippen LogP contribution in [-0.4, -0.2) is 12.9 Å². The molecule has 0 fully saturated rings. The molecule has 0 aliphatic rings. The van der Waals surface area contributed by atoms with Crippen molar-refractivity contribution in [1.82, 2.24) is 0 Å². The molecule has 0 atom stereocenters. The highest BCUT2D eigenvalue weighted by Gasteiger charge is 2.24. The van der Waals surface area contributed by atoms with Gasteiger partial charge >= 0.3 is 0 Å². The van der Waals surface area contributed by atoms with Crippen LogP contribution in [0, 0.1) is 0 Å². The quantitative estimate of drug-likeness (QED) is 0.771. The zero-order valence-electron chi connectivity index (χ0n) is 12.8. The Hall–Kier alpha value is -2.29. The van der Waals surface area contributed by atoms with Gasteiger partial charge < -0.3 is 9.47 Å². The number of benzene rings is 2. The molecule has 0 unspecified atom stereocenters. The van der Waals surface area contributed by atoms with Crippen molar-refractivity contribution in [3.05, 3.63) is 59.7 Å². The van der Waals surface area contributed by atoms with Crippen LogP contribution >= 0.6 is 0 Å². The Labute approximate surface area is 125 Å². The van der Waals surface area contributed by atoms with Crippen molar-refractivity contribution in [3.8, 4) is 11.5 Å². The van der Waals surface area contributed by atoms with Crippen molar-refractivity contribution in [2.24, 2.45) is 0 Å². The summed E-state index contributed by atoms with van der Waals surface area (Å²) in [6.45, 7) is 5.53. The Balaban J connectivity index is 2.33. The zero-order chi connectivity index (χ0) is 15.5. The maximum absolute atomic E-state index is 11.4. The van der Waals surface area contributed by atoms with E-state index in [-0.39, 0.29) is 5.78 Å². The predicted octanol–water partition coefficient (Wildman–Crippen LogP) is 4.21. The Kier molecular flexibility index (Phi) is 4.32. The molecular formula is C18H20O3. The van der Waals surface area contributed by atoms with E-state index in [1.165, 1.54) is 6.92 Å². The van der Waals surface area contributed by atoms with Crippen molar-refractivity contribution in [1.29, 1.82) is 0 Å². The van der Waals surface area contributed by atoms with Crippen LogP contribution in [0.3, 0.4) is 0 Å². The van der Waals surface area contributed by atoms with Crippen LogP contribution in [0.2, 0.25) is 0 Å². The van der Waals surface area contributed by atoms with Crippen molar-refractivity contribution in [3.63, 3.8) is 0 Å². The molecule has 2 aromatic carbocycles. The normalized spacial score (nSPS) is 11.0. The van der Waals surface area contributed by atoms with Gasteiger partial charge in [0.15, 0.2) is 17.3 Å². The first-order valence-corrected chi connectivity index (χ1v) is 6.87. The van der Waals surface area contributed by atoms with E-state index in [2.05, 4.69) is 0 Å². The number of hydrogen-bond donors (Lipinski definition) is 0. The zero-order valence-corrected chi connectivity index (χ0v) is 12.8. The minimum atomic E-state index is -0.494. The third-order valence-corrected chi connectivity index (χ3v) is 3.40. The van der Waals surface area contributed by atoms with Crippen LogP contribution in [0.4, 0.5) is 0 Å². The van der Waals surface area contributed by atoms with Crippen molar-refractivity contribution in [2.75, 3.05) is 7.11 Å². The van der Waals surface area contributed by atoms with Gasteiger partial charge in [-0.15, -0.1) is 0 Å². The molecule has 3 nitrogen and oxygen atoms in total. The number of ether oxygens (including phenoxy) is 2. The first-order valence-electron chi connectivity index (χ1n) is 6.87. The highest BCUT2D eigenvalue weighted by Crippen LogP contribution is 2.34. The fraction of sp³-hybridized carbons (Fsp3) is 0.278. The smallest absolute Gasteiger partial charge is 0.162 e. The van der Waals surface area contributed by atoms with Crippen LogP contribution in [-0.2, 0) is 5.60 Å². The van der Waals surface area contributed by atoms with E-state index in [4.69, 9.17) is 9.47 Å². The third kappa shape index (κ3) is 3.43. The lowest BCUT2D eigenvalue weighted by Crippen LogP contribution is -2.25. The minimum Gasteiger partial charge on any atom is -0.493 e. The second-order valence-corrected chi connectivity index (χ2v) is 5.40. The Morgan fingerprint density at radius 1 is 1.00 bits per heavy atom. The standard InChI is InChI=1S/C18H20O3/c1-13(19)14-10-11-16(17(12-14)20-4)21-18(2,3)15-8-6-5-7-9-15/h5-12H,1-4H3. The van der Waals surface area contributed by atoms with Gasteiger partial charge in [-0.25, -0.2) is 0 Å². The molecule has 0 saturated heterocycles. The average molecular weight is 284 g/mol. The van der Waals surface area contributed by atoms with Gasteiger partial charge in [-0.3, -0.25) is 4.79 Å². The predicted molar refractivity (Wildman–Crippen MR) is 83.1 cm³/mol. The first kappa shape index (κ1) is 15.1. The summed E-state index contributed by atoms with van der Waals surface area (Å²) < 4.78 is 11.4. The summed E-state index contributed by atoms with van der Waals surface area (Å²) in [5.74, 6) is 1.19. The molecule has 0 saturated carbocycles. The van der Waals surface area contributed by atoms with E-state index in [1.807, 2.05) is 44.2 Å². The lowest BCUT2D eigenvalue weighted by atomic mass is 9.98. The maximum Gasteiger partial charge on any atom is 0.162 e. The molecule has 0 amide bonds. The van der Waals surface area contributed by atoms with Gasteiger partial charge in [0.05, 0.1) is 7.11 Å². The number of hydrogen-bond acceptors (Lipinski definition) is 3. The van der Waals surface area contributed by atoms with Crippen LogP contribution < -0.4 is 9.47 Å². The summed E-state index contributed by atoms with van der Waals surface area (Å²) >= 11 is 0. The van der Waals surface area contributed by atoms with Gasteiger partial charge in [-0.1, -0.05) is 30.3 Å². The summed E-state index contributed by atoms with van der Waals surface area (Å²) in [6, 6.07) is 15.2. The van der Waals surface area contributed by atoms with Crippen LogP contribution in [0.5, 0.6) is 11.5 Å². The molecule has 0 bridgehead atoms. The molecule has 0 N–H and O–H groups in total. The number of carbonyl (C=O) groups is 1. The molecule has 0 aliphatic carbocycles. The molecule has 110 valence electrons. The lowest BCUT2D eigenvalue weighted by molar-refractivity contribution is 0.101. The van der Waals surface area contributed by atoms with E-state index in [1.54, 1.807) is 25.3 Å². The fourth-order valence-corrected chi connectivity index (χ4v) is 2.14. The highest BCUT2D eigenvalue weighted by atomic mass is 16.5. The number of rotatable bonds is 5. The Bertz CT molecular complexity index is 630. The molecular weight excluding hydrogens is 264 g/mol. The van der Waals surface area contributed by atoms with Gasteiger partial charge in [0.1, 0.15) is 5.60 Å². The number of Topliss-reactive ketones (excluding diaryl/α,β-unsaturated/α-hetero) is 1. The van der Waals surface area contributed by atoms with Crippen LogP contribution in [0.15, 0.2) is 48.5 Å². The number of ketones is 1. The van der Waals surface area contributed by atoms with Gasteiger partial charge in [-0.2, -0.15) is 0 Å². The molecule has 21 heavy (non-hydrogen) atoms. The lowest BCUT2D eigenvalue weighted by Gasteiger charge is -2.28. The first-order chi connectivity index (χ1) is 9.94.